The number of ether oxygens (including phenoxy) is 1. The van der Waals surface area contributed by atoms with Gasteiger partial charge in [0.1, 0.15) is 5.75 Å². The van der Waals surface area contributed by atoms with Crippen LogP contribution in [0.3, 0.4) is 0 Å². The molecule has 9 heteroatoms. The summed E-state index contributed by atoms with van der Waals surface area (Å²) < 4.78 is 7.37. The summed E-state index contributed by atoms with van der Waals surface area (Å²) in [6.07, 6.45) is 1.53. The van der Waals surface area contributed by atoms with E-state index in [-0.39, 0.29) is 0 Å². The molecule has 0 amide bonds. The van der Waals surface area contributed by atoms with Crippen molar-refractivity contribution in [3.8, 4) is 17.1 Å². The Morgan fingerprint density at radius 1 is 1.23 bits per heavy atom. The van der Waals surface area contributed by atoms with Crippen molar-refractivity contribution in [2.45, 2.75) is 6.92 Å². The fraction of sp³-hybridized carbons (Fsp3) is 0.118. The van der Waals surface area contributed by atoms with Crippen LogP contribution in [0.4, 0.5) is 0 Å². The molecule has 0 unspecified atom stereocenters. The summed E-state index contributed by atoms with van der Waals surface area (Å²) in [5, 5.41) is 12.2. The standard InChI is InChI=1S/C17H15Cl2N5OS/c1-2-25-12-8-6-11(7-9-12)16-21-22-17(26)24(16)23-20-10-13-14(18)4-3-5-15(13)19/h3-10,23H,2H2,1H3,(H,22,26)/b20-10+. The predicted octanol–water partition coefficient (Wildman–Crippen LogP) is 4.89. The van der Waals surface area contributed by atoms with Crippen LogP contribution in [0.5, 0.6) is 5.75 Å². The van der Waals surface area contributed by atoms with E-state index in [1.807, 2.05) is 31.2 Å². The van der Waals surface area contributed by atoms with Gasteiger partial charge in [-0.15, -0.1) is 0 Å². The zero-order valence-corrected chi connectivity index (χ0v) is 16.1. The van der Waals surface area contributed by atoms with Gasteiger partial charge in [-0.1, -0.05) is 29.3 Å². The van der Waals surface area contributed by atoms with E-state index in [9.17, 15) is 0 Å². The second-order valence-corrected chi connectivity index (χ2v) is 6.34. The Morgan fingerprint density at radius 2 is 1.92 bits per heavy atom. The first-order chi connectivity index (χ1) is 12.6. The molecule has 0 bridgehead atoms. The summed E-state index contributed by atoms with van der Waals surface area (Å²) >= 11 is 17.5. The lowest BCUT2D eigenvalue weighted by atomic mass is 10.2. The third-order valence-electron chi connectivity index (χ3n) is 3.45. The fourth-order valence-electron chi connectivity index (χ4n) is 2.24. The van der Waals surface area contributed by atoms with E-state index >= 15 is 0 Å². The first-order valence-electron chi connectivity index (χ1n) is 7.74. The van der Waals surface area contributed by atoms with Crippen molar-refractivity contribution < 1.29 is 4.74 Å². The summed E-state index contributed by atoms with van der Waals surface area (Å²) in [5.74, 6) is 1.37. The molecule has 3 rings (SSSR count). The van der Waals surface area contributed by atoms with Gasteiger partial charge in [0.05, 0.1) is 22.9 Å². The number of hydrogen-bond donors (Lipinski definition) is 2. The maximum absolute atomic E-state index is 6.13. The third kappa shape index (κ3) is 4.07. The zero-order valence-electron chi connectivity index (χ0n) is 13.7. The fourth-order valence-corrected chi connectivity index (χ4v) is 2.90. The lowest BCUT2D eigenvalue weighted by molar-refractivity contribution is 0.340. The maximum atomic E-state index is 6.13. The quantitative estimate of drug-likeness (QED) is 0.346. The van der Waals surface area contributed by atoms with Gasteiger partial charge in [-0.3, -0.25) is 0 Å². The van der Waals surface area contributed by atoms with Gasteiger partial charge in [-0.2, -0.15) is 14.9 Å². The highest BCUT2D eigenvalue weighted by molar-refractivity contribution is 7.71. The van der Waals surface area contributed by atoms with Crippen LogP contribution in [0.15, 0.2) is 47.6 Å². The van der Waals surface area contributed by atoms with Crippen LogP contribution in [-0.4, -0.2) is 27.7 Å². The van der Waals surface area contributed by atoms with Crippen molar-refractivity contribution in [3.63, 3.8) is 0 Å². The molecule has 0 saturated heterocycles. The normalized spacial score (nSPS) is 11.0. The Hall–Kier alpha value is -2.35. The Morgan fingerprint density at radius 3 is 2.58 bits per heavy atom. The molecule has 0 saturated carbocycles. The van der Waals surface area contributed by atoms with Crippen molar-refractivity contribution in [1.82, 2.24) is 14.9 Å². The SMILES string of the molecule is CCOc1ccc(-c2n[nH]c(=S)n2N/N=C/c2c(Cl)cccc2Cl)cc1. The van der Waals surface area contributed by atoms with Crippen molar-refractivity contribution >= 4 is 41.6 Å². The van der Waals surface area contributed by atoms with Crippen molar-refractivity contribution in [1.29, 1.82) is 0 Å². The molecule has 0 radical (unpaired) electrons. The first kappa shape index (κ1) is 18.4. The summed E-state index contributed by atoms with van der Waals surface area (Å²) in [6.45, 7) is 2.55. The molecule has 26 heavy (non-hydrogen) atoms. The number of H-pyrrole nitrogens is 1. The lowest BCUT2D eigenvalue weighted by Gasteiger charge is -2.07. The highest BCUT2D eigenvalue weighted by Crippen LogP contribution is 2.23. The molecule has 3 aromatic rings. The Labute approximate surface area is 165 Å². The van der Waals surface area contributed by atoms with Gasteiger partial charge < -0.3 is 4.74 Å². The van der Waals surface area contributed by atoms with Crippen LogP contribution in [0.25, 0.3) is 11.4 Å². The number of benzene rings is 2. The van der Waals surface area contributed by atoms with Gasteiger partial charge in [0.15, 0.2) is 5.82 Å². The highest BCUT2D eigenvalue weighted by atomic mass is 35.5. The molecule has 134 valence electrons. The van der Waals surface area contributed by atoms with Crippen LogP contribution in [0.2, 0.25) is 10.0 Å². The molecule has 2 aromatic carbocycles. The van der Waals surface area contributed by atoms with Crippen LogP contribution in [0.1, 0.15) is 12.5 Å². The number of aromatic amines is 1. The predicted molar refractivity (Wildman–Crippen MR) is 107 cm³/mol. The van der Waals surface area contributed by atoms with E-state index in [2.05, 4.69) is 20.8 Å². The summed E-state index contributed by atoms with van der Waals surface area (Å²) in [6, 6.07) is 12.8. The van der Waals surface area contributed by atoms with E-state index in [0.717, 1.165) is 11.3 Å². The minimum atomic E-state index is 0.372. The van der Waals surface area contributed by atoms with Gasteiger partial charge in [0, 0.05) is 11.1 Å². The number of aromatic nitrogens is 3. The van der Waals surface area contributed by atoms with Gasteiger partial charge >= 0.3 is 0 Å². The number of nitrogens with zero attached hydrogens (tertiary/aromatic N) is 3. The molecule has 0 spiro atoms. The van der Waals surface area contributed by atoms with Gasteiger partial charge in [-0.05, 0) is 55.5 Å². The average molecular weight is 408 g/mol. The zero-order chi connectivity index (χ0) is 18.5. The minimum absolute atomic E-state index is 0.372. The van der Waals surface area contributed by atoms with E-state index in [1.54, 1.807) is 22.9 Å². The van der Waals surface area contributed by atoms with E-state index in [1.165, 1.54) is 6.21 Å². The van der Waals surface area contributed by atoms with Gasteiger partial charge in [0.2, 0.25) is 4.77 Å². The smallest absolute Gasteiger partial charge is 0.216 e. The van der Waals surface area contributed by atoms with Gasteiger partial charge in [-0.25, -0.2) is 10.6 Å². The average Bonchev–Trinajstić information content (AvgIpc) is 2.99. The monoisotopic (exact) mass is 407 g/mol. The molecule has 0 fully saturated rings. The van der Waals surface area contributed by atoms with Crippen LogP contribution in [0, 0.1) is 4.77 Å². The Bertz CT molecular complexity index is 961. The Balaban J connectivity index is 1.84. The van der Waals surface area contributed by atoms with E-state index < -0.39 is 0 Å². The molecule has 0 aliphatic carbocycles. The number of nitrogens with one attached hydrogen (secondary N) is 2. The molecule has 0 atom stereocenters. The van der Waals surface area contributed by atoms with Crippen molar-refractivity contribution in [2.24, 2.45) is 5.10 Å². The number of hydrogen-bond acceptors (Lipinski definition) is 5. The number of rotatable bonds is 6. The summed E-state index contributed by atoms with van der Waals surface area (Å²) in [7, 11) is 0. The van der Waals surface area contributed by atoms with Crippen LogP contribution < -0.4 is 10.3 Å². The van der Waals surface area contributed by atoms with E-state index in [4.69, 9.17) is 40.2 Å². The topological polar surface area (TPSA) is 67.2 Å². The molecule has 0 aliphatic heterocycles. The number of hydrazone groups is 1. The second kappa shape index (κ2) is 8.35. The molecule has 2 N–H and O–H groups in total. The lowest BCUT2D eigenvalue weighted by Crippen LogP contribution is -2.10. The first-order valence-corrected chi connectivity index (χ1v) is 8.90. The van der Waals surface area contributed by atoms with Crippen molar-refractivity contribution in [3.05, 3.63) is 62.8 Å². The maximum Gasteiger partial charge on any atom is 0.216 e. The third-order valence-corrected chi connectivity index (χ3v) is 4.38. The molecule has 0 aliphatic rings. The van der Waals surface area contributed by atoms with Crippen LogP contribution >= 0.6 is 35.4 Å². The van der Waals surface area contributed by atoms with Crippen molar-refractivity contribution in [2.75, 3.05) is 12.1 Å². The van der Waals surface area contributed by atoms with Crippen LogP contribution in [-0.2, 0) is 0 Å². The summed E-state index contributed by atoms with van der Waals surface area (Å²) in [4.78, 5) is 0. The van der Waals surface area contributed by atoms with E-state index in [0.29, 0.717) is 32.8 Å². The minimum Gasteiger partial charge on any atom is -0.494 e. The highest BCUT2D eigenvalue weighted by Gasteiger charge is 2.09. The number of halogens is 2. The molecule has 1 aromatic heterocycles. The molecule has 6 nitrogen and oxygen atoms in total. The molecular weight excluding hydrogens is 393 g/mol. The largest absolute Gasteiger partial charge is 0.494 e. The summed E-state index contributed by atoms with van der Waals surface area (Å²) in [5.41, 5.74) is 4.30. The Kier molecular flexibility index (Phi) is 5.92. The molecular formula is C17H15Cl2N5OS. The molecule has 1 heterocycles. The van der Waals surface area contributed by atoms with Gasteiger partial charge in [0.25, 0.3) is 0 Å². The second-order valence-electron chi connectivity index (χ2n) is 5.14.